The molecule has 36 heteroatoms. The molecule has 1 fully saturated rings. The van der Waals surface area contributed by atoms with Gasteiger partial charge in [0, 0.05) is 66.4 Å². The fourth-order valence-electron chi connectivity index (χ4n) is 9.98. The molecule has 1 aliphatic heterocycles. The Balaban J connectivity index is 1.20. The average molecular weight is 1340 g/mol. The first-order valence-electron chi connectivity index (χ1n) is 29.7. The van der Waals surface area contributed by atoms with Crippen LogP contribution < -0.4 is 87.2 Å². The summed E-state index contributed by atoms with van der Waals surface area (Å²) < 4.78 is 0. The van der Waals surface area contributed by atoms with Crippen LogP contribution >= 0.6 is 0 Å². The van der Waals surface area contributed by atoms with E-state index in [2.05, 4.69) is 68.5 Å². The molecule has 96 heavy (non-hydrogen) atoms. The van der Waals surface area contributed by atoms with Gasteiger partial charge in [-0.25, -0.2) is 0 Å². The van der Waals surface area contributed by atoms with E-state index >= 15 is 0 Å². The van der Waals surface area contributed by atoms with Gasteiger partial charge in [0.15, 0.2) is 0 Å². The van der Waals surface area contributed by atoms with Gasteiger partial charge in [0.25, 0.3) is 0 Å². The molecule has 5 aromatic rings. The van der Waals surface area contributed by atoms with Gasteiger partial charge >= 0.3 is 5.97 Å². The number of aromatic nitrogens is 2. The lowest BCUT2D eigenvalue weighted by atomic mass is 10.0. The van der Waals surface area contributed by atoms with Crippen molar-refractivity contribution in [3.8, 4) is 5.75 Å². The monoisotopic (exact) mass is 1330 g/mol. The fourth-order valence-corrected chi connectivity index (χ4v) is 9.98. The molecule has 1 saturated heterocycles. The van der Waals surface area contributed by atoms with Crippen molar-refractivity contribution in [3.63, 3.8) is 0 Å². The lowest BCUT2D eigenvalue weighted by molar-refractivity contribution is -0.138. The van der Waals surface area contributed by atoms with Gasteiger partial charge in [-0.05, 0) is 54.3 Å². The smallest absolute Gasteiger partial charge is 0.303 e. The van der Waals surface area contributed by atoms with Crippen LogP contribution in [0.15, 0.2) is 85.2 Å². The van der Waals surface area contributed by atoms with Gasteiger partial charge in [-0.3, -0.25) is 76.7 Å². The van der Waals surface area contributed by atoms with E-state index in [0.717, 1.165) is 6.92 Å². The number of aromatic hydroxyl groups is 1. The molecule has 3 aromatic carbocycles. The molecule has 3 heterocycles. The molecule has 6 rings (SSSR count). The van der Waals surface area contributed by atoms with E-state index in [9.17, 15) is 86.9 Å². The Kier molecular flexibility index (Phi) is 25.9. The van der Waals surface area contributed by atoms with Gasteiger partial charge in [0.05, 0.1) is 38.3 Å². The van der Waals surface area contributed by atoms with Crippen molar-refractivity contribution in [1.29, 1.82) is 0 Å². The summed E-state index contributed by atoms with van der Waals surface area (Å²) in [6.45, 7) is -0.577. The summed E-state index contributed by atoms with van der Waals surface area (Å²) in [5.74, 6) is -18.3. The van der Waals surface area contributed by atoms with Crippen LogP contribution in [0.3, 0.4) is 0 Å². The molecular formula is C60H74N18O18. The molecule has 0 bridgehead atoms. The summed E-state index contributed by atoms with van der Waals surface area (Å²) in [7, 11) is 0. The SMILES string of the molecule is C[C@H](NC(=O)[C@H](CC(N)=O)NC(=O)[C@@H]1CNC(=O)[C@@H](N)CC(=O)N[C@@H](Cc2c[nH]c3ccccc23)C(=O)N[C@@H](CC(N)=O)C(=O)N1)C(=O)N[C@@H](Cc1ccc(O)cc1)C(=O)N[C@@H](CCC(=O)O)C(=O)N[C@@H](Cc1c[nH]c2ccccc12)C(=O)NCC(=O)N[C@@H](CC(N)=O)C(N)=O. The first-order valence-corrected chi connectivity index (χ1v) is 29.7. The van der Waals surface area contributed by atoms with Gasteiger partial charge < -0.3 is 107 Å². The number of hydrogen-bond acceptors (Lipinski definition) is 18. The zero-order valence-corrected chi connectivity index (χ0v) is 51.4. The zero-order valence-electron chi connectivity index (χ0n) is 51.4. The first-order chi connectivity index (χ1) is 45.4. The predicted molar refractivity (Wildman–Crippen MR) is 335 cm³/mol. The standard InChI is InChI=1S/C60H74N18O18/c1-27(70-56(92)42(21-46(63)81)77-60(96)44-25-68-53(89)34(61)19-48(83)72-41(18-30-24-67-36-9-5-3-7-33(30)36)58(94)76-43(22-47(64)82)59(95)78-44)52(88)74-39(16-28-10-12-31(79)13-11-28)57(93)73-37(14-15-50(85)86)55(91)75-40(17-29-23-66-35-8-4-2-6-32(29)35)54(90)69-26-49(84)71-38(51(65)87)20-45(62)80/h2-13,23-24,27,34,37-44,66-67,79H,14-22,25-26,61H2,1H3,(H2,62,80)(H2,63,81)(H2,64,82)(H2,65,87)(H,68,89)(H,69,90)(H,70,92)(H,71,84)(H,72,83)(H,73,93)(H,74,88)(H,75,91)(H,76,94)(H,77,96)(H,78,95)(H,85,86)/t27-,34-,37-,38-,39-,40-,41-,42-,43-,44-/m0/s1. The van der Waals surface area contributed by atoms with Gasteiger partial charge in [-0.1, -0.05) is 48.5 Å². The molecule has 1 aliphatic rings. The number of hydrogen-bond donors (Lipinski definition) is 20. The van der Waals surface area contributed by atoms with Gasteiger partial charge in [0.1, 0.15) is 60.1 Å². The predicted octanol–water partition coefficient (Wildman–Crippen LogP) is -7.29. The first kappa shape index (κ1) is 73.1. The zero-order chi connectivity index (χ0) is 70.5. The van der Waals surface area contributed by atoms with Crippen LogP contribution in [0.25, 0.3) is 21.8 Å². The number of carboxylic acid groups (broad SMARTS) is 1. The third-order valence-electron chi connectivity index (χ3n) is 15.0. The highest BCUT2D eigenvalue weighted by Gasteiger charge is 2.37. The molecule has 0 radical (unpaired) electrons. The third-order valence-corrected chi connectivity index (χ3v) is 15.0. The molecule has 36 nitrogen and oxygen atoms in total. The quantitative estimate of drug-likeness (QED) is 0.0203. The second-order valence-corrected chi connectivity index (χ2v) is 22.5. The van der Waals surface area contributed by atoms with Crippen molar-refractivity contribution in [2.75, 3.05) is 13.1 Å². The molecule has 0 saturated carbocycles. The van der Waals surface area contributed by atoms with E-state index in [-0.39, 0.29) is 24.2 Å². The molecular weight excluding hydrogens is 1260 g/mol. The number of carbonyl (C=O) groups excluding carboxylic acids is 15. The van der Waals surface area contributed by atoms with E-state index in [0.29, 0.717) is 32.9 Å². The number of nitrogens with two attached hydrogens (primary N) is 5. The van der Waals surface area contributed by atoms with E-state index in [1.165, 1.54) is 30.5 Å². The van der Waals surface area contributed by atoms with Crippen LogP contribution in [0, 0.1) is 0 Å². The highest BCUT2D eigenvalue weighted by Crippen LogP contribution is 2.22. The maximum atomic E-state index is 14.5. The maximum absolute atomic E-state index is 14.5. The summed E-state index contributed by atoms with van der Waals surface area (Å²) in [6.07, 6.45) is -2.40. The van der Waals surface area contributed by atoms with Gasteiger partial charge in [-0.2, -0.15) is 0 Å². The van der Waals surface area contributed by atoms with Gasteiger partial charge in [-0.15, -0.1) is 0 Å². The number of aromatic amines is 2. The Hall–Kier alpha value is -12.0. The average Bonchev–Trinajstić information content (AvgIpc) is 1.64. The Morgan fingerprint density at radius 3 is 1.74 bits per heavy atom. The highest BCUT2D eigenvalue weighted by atomic mass is 16.4. The van der Waals surface area contributed by atoms with Crippen LogP contribution in [0.4, 0.5) is 0 Å². The molecule has 2 aromatic heterocycles. The minimum absolute atomic E-state index is 0.184. The number of carbonyl (C=O) groups is 16. The number of amides is 15. The number of H-pyrrole nitrogens is 2. The van der Waals surface area contributed by atoms with Crippen molar-refractivity contribution in [2.45, 2.75) is 125 Å². The number of aliphatic carboxylic acids is 1. The van der Waals surface area contributed by atoms with Crippen molar-refractivity contribution in [2.24, 2.45) is 28.7 Å². The van der Waals surface area contributed by atoms with Crippen molar-refractivity contribution < 1.29 is 86.9 Å². The van der Waals surface area contributed by atoms with Crippen LogP contribution in [0.1, 0.15) is 62.1 Å². The highest BCUT2D eigenvalue weighted by molar-refractivity contribution is 6.02. The van der Waals surface area contributed by atoms with Crippen molar-refractivity contribution >= 4 is 116 Å². The number of nitrogens with one attached hydrogen (secondary N) is 13. The number of rotatable bonds is 30. The normalized spacial score (nSPS) is 17.9. The number of fused-ring (bicyclic) bond motifs is 2. The molecule has 0 spiro atoms. The summed E-state index contributed by atoms with van der Waals surface area (Å²) in [5, 5.41) is 46.8. The maximum Gasteiger partial charge on any atom is 0.303 e. The van der Waals surface area contributed by atoms with Crippen LogP contribution in [0.2, 0.25) is 0 Å². The van der Waals surface area contributed by atoms with E-state index in [1.807, 2.05) is 0 Å². The van der Waals surface area contributed by atoms with Crippen LogP contribution in [-0.2, 0) is 96.0 Å². The number of para-hydroxylation sites is 2. The summed E-state index contributed by atoms with van der Waals surface area (Å²) in [6, 6.07) is 1.82. The van der Waals surface area contributed by atoms with E-state index < -0.39 is 213 Å². The van der Waals surface area contributed by atoms with E-state index in [4.69, 9.17) is 28.7 Å². The van der Waals surface area contributed by atoms with E-state index in [1.54, 1.807) is 54.7 Å². The summed E-state index contributed by atoms with van der Waals surface area (Å²) in [4.78, 5) is 219. The minimum Gasteiger partial charge on any atom is -0.508 e. The second kappa shape index (κ2) is 34.1. The molecule has 10 atom stereocenters. The molecule has 15 amide bonds. The van der Waals surface area contributed by atoms with Crippen molar-refractivity contribution in [3.05, 3.63) is 102 Å². The van der Waals surface area contributed by atoms with Crippen LogP contribution in [-0.4, -0.2) is 188 Å². The lowest BCUT2D eigenvalue weighted by Gasteiger charge is -2.28. The lowest BCUT2D eigenvalue weighted by Crippen LogP contribution is -2.63. The Morgan fingerprint density at radius 2 is 1.12 bits per heavy atom. The topological polar surface area (TPSA) is 608 Å². The molecule has 512 valence electrons. The third kappa shape index (κ3) is 21.8. The van der Waals surface area contributed by atoms with Crippen molar-refractivity contribution in [1.82, 2.24) is 68.5 Å². The summed E-state index contributed by atoms with van der Waals surface area (Å²) >= 11 is 0. The number of phenolic OH excluding ortho intramolecular Hbond substituents is 1. The number of carboxylic acids is 1. The Bertz CT molecular complexity index is 3800. The number of primary amides is 4. The Morgan fingerprint density at radius 1 is 0.573 bits per heavy atom. The number of phenols is 1. The second-order valence-electron chi connectivity index (χ2n) is 22.5. The van der Waals surface area contributed by atoms with Crippen LogP contribution in [0.5, 0.6) is 5.75 Å². The Labute approximate surface area is 544 Å². The minimum atomic E-state index is -1.99. The fraction of sp³-hybridized carbons (Fsp3) is 0.367. The number of benzene rings is 3. The molecule has 25 N–H and O–H groups in total. The molecule has 0 unspecified atom stereocenters. The summed E-state index contributed by atoms with van der Waals surface area (Å²) in [5.41, 5.74) is 30.0. The van der Waals surface area contributed by atoms with Gasteiger partial charge in [0.2, 0.25) is 88.6 Å². The molecule has 0 aliphatic carbocycles. The largest absolute Gasteiger partial charge is 0.508 e.